The van der Waals surface area contributed by atoms with Crippen LogP contribution in [0.15, 0.2) is 158 Å². The first-order chi connectivity index (χ1) is 31.3. The molecule has 0 bridgehead atoms. The van der Waals surface area contributed by atoms with Crippen LogP contribution < -0.4 is 20.6 Å². The Morgan fingerprint density at radius 1 is 0.508 bits per heavy atom. The molecule has 1 aromatic heterocycles. The molecule has 0 atom stereocenters. The van der Waals surface area contributed by atoms with Gasteiger partial charge in [-0.15, -0.1) is 0 Å². The third kappa shape index (κ3) is 5.26. The normalized spacial score (nSPS) is 16.5. The number of anilines is 5. The molecule has 2 aliphatic carbocycles. The second-order valence-corrected chi connectivity index (χ2v) is 21.4. The first-order valence-electron chi connectivity index (χ1n) is 23.7. The first-order valence-corrected chi connectivity index (χ1v) is 23.7. The lowest BCUT2D eigenvalue weighted by Crippen LogP contribution is -2.60. The highest BCUT2D eigenvalue weighted by Gasteiger charge is 2.47. The van der Waals surface area contributed by atoms with Crippen molar-refractivity contribution in [2.45, 2.75) is 84.5 Å². The number of hydrogen-bond acceptors (Lipinski definition) is 2. The summed E-state index contributed by atoms with van der Waals surface area (Å²) in [7, 11) is 0. The summed E-state index contributed by atoms with van der Waals surface area (Å²) >= 11 is 0. The van der Waals surface area contributed by atoms with E-state index in [0.717, 1.165) is 17.8 Å². The van der Waals surface area contributed by atoms with Crippen LogP contribution in [0.5, 0.6) is 0 Å². The fourth-order valence-electron chi connectivity index (χ4n) is 12.6. The molecule has 0 amide bonds. The van der Waals surface area contributed by atoms with Crippen molar-refractivity contribution in [2.75, 3.05) is 9.71 Å². The van der Waals surface area contributed by atoms with Crippen LogP contribution in [0.2, 0.25) is 0 Å². The van der Waals surface area contributed by atoms with Gasteiger partial charge in [-0.3, -0.25) is 0 Å². The minimum atomic E-state index is -0.159. The Kier molecular flexibility index (Phi) is 7.83. The second-order valence-electron chi connectivity index (χ2n) is 21.4. The number of aryl methyl sites for hydroxylation is 2. The lowest BCUT2D eigenvalue weighted by Gasteiger charge is -2.43. The molecule has 3 heterocycles. The standard InChI is InChI=1S/C61H54BN3/c1-37-23-26-41(27-24-37)65-54-34-43-42-21-15-16-22-47(42)61(7,8)48(43)32-44(54)45-35-55(63(39-17-11-9-12-18-39)40-19-13-10-14-20-40)56-46-33-49-50(60(5,6)30-29-59(49,3)4)36-53(46)64-52-28-25-38(2)31-51(52)62(65)57(45)58(56)64/h9-28,31-36H,29-30H2,1-8H3. The molecule has 0 fully saturated rings. The Morgan fingerprint density at radius 2 is 1.14 bits per heavy atom. The van der Waals surface area contributed by atoms with E-state index < -0.39 is 0 Å². The Bertz CT molecular complexity index is 3440. The summed E-state index contributed by atoms with van der Waals surface area (Å²) in [5.74, 6) is 0. The van der Waals surface area contributed by atoms with Gasteiger partial charge < -0.3 is 14.3 Å². The summed E-state index contributed by atoms with van der Waals surface area (Å²) in [5, 5.41) is 2.63. The van der Waals surface area contributed by atoms with Crippen molar-refractivity contribution < 1.29 is 0 Å². The minimum absolute atomic E-state index is 0.0457. The van der Waals surface area contributed by atoms with Gasteiger partial charge in [-0.25, -0.2) is 0 Å². The molecule has 4 heteroatoms. The summed E-state index contributed by atoms with van der Waals surface area (Å²) in [6.45, 7) is 19.1. The van der Waals surface area contributed by atoms with Crippen molar-refractivity contribution in [3.05, 3.63) is 191 Å². The SMILES string of the molecule is Cc1ccc(N2B3c4cc(C)ccc4-n4c5cc6c(cc5c5c(N(c7ccccc7)c7ccccc7)cc(c3c54)-c3cc4c(cc32)-c2ccccc2C4(C)C)C(C)(C)CCC6(C)C)cc1. The highest BCUT2D eigenvalue weighted by Crippen LogP contribution is 2.57. The summed E-state index contributed by atoms with van der Waals surface area (Å²) in [6, 6.07) is 60.7. The second kappa shape index (κ2) is 13.2. The number of aromatic nitrogens is 1. The number of hydrogen-bond donors (Lipinski definition) is 0. The Balaban J connectivity index is 1.26. The maximum absolute atomic E-state index is 2.70. The molecule has 4 aliphatic rings. The molecule has 0 N–H and O–H groups in total. The largest absolute Gasteiger partial charge is 0.376 e. The van der Waals surface area contributed by atoms with E-state index in [9.17, 15) is 0 Å². The fourth-order valence-corrected chi connectivity index (χ4v) is 12.6. The lowest BCUT2D eigenvalue weighted by atomic mass is 9.43. The molecule has 13 rings (SSSR count). The van der Waals surface area contributed by atoms with Crippen LogP contribution >= 0.6 is 0 Å². The van der Waals surface area contributed by atoms with Crippen LogP contribution in [0.1, 0.15) is 87.8 Å². The van der Waals surface area contributed by atoms with Gasteiger partial charge in [0.15, 0.2) is 0 Å². The van der Waals surface area contributed by atoms with E-state index in [1.807, 2.05) is 0 Å². The van der Waals surface area contributed by atoms with Gasteiger partial charge in [-0.1, -0.05) is 138 Å². The lowest BCUT2D eigenvalue weighted by molar-refractivity contribution is 0.332. The van der Waals surface area contributed by atoms with E-state index in [-0.39, 0.29) is 23.1 Å². The first kappa shape index (κ1) is 38.7. The molecule has 316 valence electrons. The Labute approximate surface area is 384 Å². The van der Waals surface area contributed by atoms with Crippen molar-refractivity contribution in [1.29, 1.82) is 0 Å². The van der Waals surface area contributed by atoms with Gasteiger partial charge in [-0.2, -0.15) is 0 Å². The molecular weight excluding hydrogens is 786 g/mol. The van der Waals surface area contributed by atoms with E-state index in [4.69, 9.17) is 0 Å². The number of benzene rings is 8. The van der Waals surface area contributed by atoms with Gasteiger partial charge in [0.1, 0.15) is 0 Å². The van der Waals surface area contributed by atoms with Crippen LogP contribution in [0, 0.1) is 13.8 Å². The van der Waals surface area contributed by atoms with E-state index in [1.165, 1.54) is 118 Å². The van der Waals surface area contributed by atoms with Gasteiger partial charge >= 0.3 is 6.85 Å². The van der Waals surface area contributed by atoms with E-state index >= 15 is 0 Å². The van der Waals surface area contributed by atoms with Crippen LogP contribution in [0.4, 0.5) is 28.4 Å². The maximum atomic E-state index is 2.70. The molecule has 0 unspecified atom stereocenters. The average molecular weight is 840 g/mol. The zero-order valence-corrected chi connectivity index (χ0v) is 38.8. The minimum Gasteiger partial charge on any atom is -0.376 e. The third-order valence-electron chi connectivity index (χ3n) is 16.1. The molecule has 8 aromatic carbocycles. The topological polar surface area (TPSA) is 11.4 Å². The van der Waals surface area contributed by atoms with Gasteiger partial charge in [0.25, 0.3) is 0 Å². The van der Waals surface area contributed by atoms with Crippen molar-refractivity contribution in [2.24, 2.45) is 0 Å². The quantitative estimate of drug-likeness (QED) is 0.164. The average Bonchev–Trinajstić information content (AvgIpc) is 3.76. The van der Waals surface area contributed by atoms with Gasteiger partial charge in [-0.05, 0) is 160 Å². The molecule has 0 saturated heterocycles. The predicted octanol–water partition coefficient (Wildman–Crippen LogP) is 14.8. The van der Waals surface area contributed by atoms with E-state index in [2.05, 4.69) is 227 Å². The maximum Gasteiger partial charge on any atom is 0.333 e. The van der Waals surface area contributed by atoms with Gasteiger partial charge in [0.05, 0.1) is 16.7 Å². The molecular formula is C61H54BN3. The van der Waals surface area contributed by atoms with Crippen LogP contribution in [-0.4, -0.2) is 11.4 Å². The van der Waals surface area contributed by atoms with Crippen LogP contribution in [0.3, 0.4) is 0 Å². The molecule has 0 spiro atoms. The molecule has 2 aliphatic heterocycles. The molecule has 0 radical (unpaired) electrons. The predicted molar refractivity (Wildman–Crippen MR) is 277 cm³/mol. The highest BCUT2D eigenvalue weighted by molar-refractivity contribution is 6.93. The zero-order chi connectivity index (χ0) is 44.3. The summed E-state index contributed by atoms with van der Waals surface area (Å²) in [5.41, 5.74) is 26.1. The third-order valence-corrected chi connectivity index (χ3v) is 16.1. The van der Waals surface area contributed by atoms with Gasteiger partial charge in [0.2, 0.25) is 0 Å². The Morgan fingerprint density at radius 3 is 1.83 bits per heavy atom. The molecule has 9 aromatic rings. The van der Waals surface area contributed by atoms with Crippen molar-refractivity contribution in [3.63, 3.8) is 0 Å². The fraction of sp³-hybridized carbons (Fsp3) is 0.213. The Hall–Kier alpha value is -6.78. The monoisotopic (exact) mass is 839 g/mol. The van der Waals surface area contributed by atoms with Crippen LogP contribution in [0.25, 0.3) is 49.7 Å². The van der Waals surface area contributed by atoms with Gasteiger partial charge in [0, 0.05) is 50.2 Å². The summed E-state index contributed by atoms with van der Waals surface area (Å²) < 4.78 is 2.69. The molecule has 0 saturated carbocycles. The number of para-hydroxylation sites is 2. The van der Waals surface area contributed by atoms with E-state index in [1.54, 1.807) is 0 Å². The smallest absolute Gasteiger partial charge is 0.333 e. The molecule has 65 heavy (non-hydrogen) atoms. The van der Waals surface area contributed by atoms with Crippen molar-refractivity contribution in [3.8, 4) is 27.9 Å². The number of fused-ring (bicyclic) bond motifs is 12. The van der Waals surface area contributed by atoms with E-state index in [0.29, 0.717) is 0 Å². The summed E-state index contributed by atoms with van der Waals surface area (Å²) in [6.07, 6.45) is 2.33. The number of rotatable bonds is 4. The molecule has 3 nitrogen and oxygen atoms in total. The van der Waals surface area contributed by atoms with Crippen molar-refractivity contribution in [1.82, 2.24) is 4.57 Å². The zero-order valence-electron chi connectivity index (χ0n) is 38.8. The number of nitrogens with zero attached hydrogens (tertiary/aromatic N) is 3. The highest BCUT2D eigenvalue weighted by atomic mass is 15.2. The van der Waals surface area contributed by atoms with Crippen LogP contribution in [-0.2, 0) is 16.2 Å². The summed E-state index contributed by atoms with van der Waals surface area (Å²) in [4.78, 5) is 5.24. The van der Waals surface area contributed by atoms with Crippen molar-refractivity contribution >= 4 is 68.0 Å².